The molecule has 0 fully saturated rings. The Balaban J connectivity index is 0.00000200. The van der Waals surface area contributed by atoms with Crippen LogP contribution in [-0.2, 0) is 0 Å². The van der Waals surface area contributed by atoms with Crippen LogP contribution >= 0.6 is 23.7 Å². The molecule has 1 aromatic heterocycles. The van der Waals surface area contributed by atoms with E-state index >= 15 is 0 Å². The zero-order chi connectivity index (χ0) is 13.8. The molecule has 0 unspecified atom stereocenters. The first kappa shape index (κ1) is 16.5. The number of rotatable bonds is 4. The fraction of sp³-hybridized carbons (Fsp3) is 0.167. The molecule has 1 amide bonds. The number of carbonyl (C=O) groups is 1. The molecule has 2 rings (SSSR count). The quantitative estimate of drug-likeness (QED) is 0.908. The van der Waals surface area contributed by atoms with E-state index in [1.165, 1.54) is 11.6 Å². The van der Waals surface area contributed by atoms with E-state index in [1.807, 2.05) is 0 Å². The van der Waals surface area contributed by atoms with E-state index in [0.717, 1.165) is 23.5 Å². The number of nitrogens with two attached hydrogens (primary N) is 1. The zero-order valence-electron chi connectivity index (χ0n) is 10.2. The van der Waals surface area contributed by atoms with Crippen LogP contribution in [0.2, 0.25) is 0 Å². The van der Waals surface area contributed by atoms with Crippen molar-refractivity contribution >= 4 is 29.7 Å². The molecule has 0 saturated heterocycles. The van der Waals surface area contributed by atoms with E-state index in [1.54, 1.807) is 0 Å². The smallest absolute Gasteiger partial charge is 0.271 e. The Morgan fingerprint density at radius 3 is 2.80 bits per heavy atom. The Hall–Kier alpha value is -1.57. The molecule has 1 heterocycles. The minimum absolute atomic E-state index is 0. The van der Waals surface area contributed by atoms with Crippen LogP contribution in [0.3, 0.4) is 0 Å². The second-order valence-corrected chi connectivity index (χ2v) is 4.55. The summed E-state index contributed by atoms with van der Waals surface area (Å²) in [6, 6.07) is 3.20. The number of nitrogens with one attached hydrogen (secondary N) is 1. The topological polar surface area (TPSA) is 68.0 Å². The van der Waals surface area contributed by atoms with Gasteiger partial charge in [0, 0.05) is 24.7 Å². The van der Waals surface area contributed by atoms with Crippen LogP contribution in [-0.4, -0.2) is 24.0 Å². The highest BCUT2D eigenvalue weighted by molar-refractivity contribution is 7.13. The van der Waals surface area contributed by atoms with Crippen LogP contribution in [0.5, 0.6) is 0 Å². The predicted octanol–water partition coefficient (Wildman–Crippen LogP) is 2.20. The van der Waals surface area contributed by atoms with E-state index in [0.29, 0.717) is 18.0 Å². The fourth-order valence-corrected chi connectivity index (χ4v) is 2.36. The van der Waals surface area contributed by atoms with Gasteiger partial charge in [-0.15, -0.1) is 23.7 Å². The highest BCUT2D eigenvalue weighted by atomic mass is 35.5. The molecule has 4 nitrogen and oxygen atoms in total. The molecule has 1 aromatic carbocycles. The highest BCUT2D eigenvalue weighted by Gasteiger charge is 2.18. The lowest BCUT2D eigenvalue weighted by Gasteiger charge is -2.05. The fourth-order valence-electron chi connectivity index (χ4n) is 1.54. The van der Waals surface area contributed by atoms with Gasteiger partial charge in [-0.2, -0.15) is 0 Å². The second-order valence-electron chi connectivity index (χ2n) is 3.70. The molecule has 0 saturated carbocycles. The summed E-state index contributed by atoms with van der Waals surface area (Å²) in [5.41, 5.74) is 7.00. The first-order valence-electron chi connectivity index (χ1n) is 5.50. The third-order valence-corrected chi connectivity index (χ3v) is 3.25. The minimum Gasteiger partial charge on any atom is -0.349 e. The Morgan fingerprint density at radius 2 is 2.15 bits per heavy atom. The summed E-state index contributed by atoms with van der Waals surface area (Å²) in [4.78, 5) is 16.1. The molecule has 0 bridgehead atoms. The summed E-state index contributed by atoms with van der Waals surface area (Å²) in [5, 5.41) is 2.56. The van der Waals surface area contributed by atoms with Crippen LogP contribution in [0.1, 0.15) is 10.5 Å². The van der Waals surface area contributed by atoms with E-state index < -0.39 is 17.5 Å². The minimum atomic E-state index is -0.725. The van der Waals surface area contributed by atoms with Crippen molar-refractivity contribution in [2.45, 2.75) is 0 Å². The number of nitrogens with zero attached hydrogens (tertiary/aromatic N) is 1. The third-order valence-electron chi connectivity index (χ3n) is 2.39. The second kappa shape index (κ2) is 7.28. The van der Waals surface area contributed by atoms with Gasteiger partial charge in [0.05, 0.1) is 10.4 Å². The van der Waals surface area contributed by atoms with Crippen molar-refractivity contribution in [3.8, 4) is 10.4 Å². The van der Waals surface area contributed by atoms with Gasteiger partial charge in [0.1, 0.15) is 17.3 Å². The molecular formula is C12H12ClF2N3OS. The maximum Gasteiger partial charge on any atom is 0.271 e. The maximum atomic E-state index is 13.7. The SMILES string of the molecule is Cl.NCCNC(=O)c1ncsc1-c1ccc(F)cc1F. The summed E-state index contributed by atoms with van der Waals surface area (Å²) in [6.45, 7) is 0.609. The standard InChI is InChI=1S/C12H11F2N3OS.ClH/c13-7-1-2-8(9(14)5-7)11-10(17-6-19-11)12(18)16-4-3-15;/h1-2,5-6H,3-4,15H2,(H,16,18);1H. The molecule has 8 heteroatoms. The van der Waals surface area contributed by atoms with Gasteiger partial charge >= 0.3 is 0 Å². The number of hydrogen-bond acceptors (Lipinski definition) is 4. The number of hydrogen-bond donors (Lipinski definition) is 2. The van der Waals surface area contributed by atoms with Crippen molar-refractivity contribution in [3.63, 3.8) is 0 Å². The summed E-state index contributed by atoms with van der Waals surface area (Å²) in [7, 11) is 0. The monoisotopic (exact) mass is 319 g/mol. The van der Waals surface area contributed by atoms with Crippen LogP contribution in [0, 0.1) is 11.6 Å². The Kier molecular flexibility index (Phi) is 6.00. The van der Waals surface area contributed by atoms with Crippen molar-refractivity contribution in [3.05, 3.63) is 41.0 Å². The van der Waals surface area contributed by atoms with Crippen LogP contribution in [0.15, 0.2) is 23.7 Å². The van der Waals surface area contributed by atoms with E-state index in [2.05, 4.69) is 10.3 Å². The molecule has 0 aliphatic heterocycles. The number of amides is 1. The molecule has 2 aromatic rings. The Morgan fingerprint density at radius 1 is 1.40 bits per heavy atom. The van der Waals surface area contributed by atoms with Gasteiger partial charge in [-0.1, -0.05) is 0 Å². The van der Waals surface area contributed by atoms with Gasteiger partial charge in [0.2, 0.25) is 0 Å². The van der Waals surface area contributed by atoms with Crippen LogP contribution in [0.4, 0.5) is 8.78 Å². The van der Waals surface area contributed by atoms with Crippen molar-refractivity contribution < 1.29 is 13.6 Å². The first-order valence-corrected chi connectivity index (χ1v) is 6.38. The van der Waals surface area contributed by atoms with E-state index in [-0.39, 0.29) is 23.7 Å². The molecule has 0 spiro atoms. The van der Waals surface area contributed by atoms with Gasteiger partial charge in [0.15, 0.2) is 0 Å². The normalized spacial score (nSPS) is 9.95. The predicted molar refractivity (Wildman–Crippen MR) is 76.1 cm³/mol. The van der Waals surface area contributed by atoms with Gasteiger partial charge < -0.3 is 11.1 Å². The Labute approximate surface area is 124 Å². The van der Waals surface area contributed by atoms with Crippen molar-refractivity contribution in [2.24, 2.45) is 5.73 Å². The van der Waals surface area contributed by atoms with E-state index in [9.17, 15) is 13.6 Å². The van der Waals surface area contributed by atoms with Crippen LogP contribution < -0.4 is 11.1 Å². The Bertz CT molecular complexity index is 606. The van der Waals surface area contributed by atoms with Crippen molar-refractivity contribution in [1.82, 2.24) is 10.3 Å². The average Bonchev–Trinajstić information content (AvgIpc) is 2.85. The summed E-state index contributed by atoms with van der Waals surface area (Å²) in [5.74, 6) is -1.82. The summed E-state index contributed by atoms with van der Waals surface area (Å²) < 4.78 is 26.6. The molecule has 0 radical (unpaired) electrons. The van der Waals surface area contributed by atoms with Gasteiger partial charge in [-0.05, 0) is 12.1 Å². The molecule has 20 heavy (non-hydrogen) atoms. The molecular weight excluding hydrogens is 308 g/mol. The lowest BCUT2D eigenvalue weighted by molar-refractivity contribution is 0.0951. The molecule has 108 valence electrons. The third kappa shape index (κ3) is 3.50. The van der Waals surface area contributed by atoms with Crippen LogP contribution in [0.25, 0.3) is 10.4 Å². The van der Waals surface area contributed by atoms with Crippen molar-refractivity contribution in [1.29, 1.82) is 0 Å². The number of benzene rings is 1. The van der Waals surface area contributed by atoms with Gasteiger partial charge in [-0.25, -0.2) is 13.8 Å². The summed E-state index contributed by atoms with van der Waals surface area (Å²) >= 11 is 1.12. The lowest BCUT2D eigenvalue weighted by Crippen LogP contribution is -2.29. The largest absolute Gasteiger partial charge is 0.349 e. The maximum absolute atomic E-state index is 13.7. The first-order chi connectivity index (χ1) is 9.13. The number of halogens is 3. The number of aromatic nitrogens is 1. The van der Waals surface area contributed by atoms with E-state index in [4.69, 9.17) is 5.73 Å². The molecule has 0 atom stereocenters. The average molecular weight is 320 g/mol. The van der Waals surface area contributed by atoms with Gasteiger partial charge in [0.25, 0.3) is 5.91 Å². The van der Waals surface area contributed by atoms with Crippen molar-refractivity contribution in [2.75, 3.05) is 13.1 Å². The lowest BCUT2D eigenvalue weighted by atomic mass is 10.1. The van der Waals surface area contributed by atoms with Gasteiger partial charge in [-0.3, -0.25) is 4.79 Å². The summed E-state index contributed by atoms with van der Waals surface area (Å²) in [6.07, 6.45) is 0. The zero-order valence-corrected chi connectivity index (χ0v) is 11.9. The molecule has 0 aliphatic rings. The number of thiazole rings is 1. The molecule has 0 aliphatic carbocycles. The number of carbonyl (C=O) groups excluding carboxylic acids is 1. The highest BCUT2D eigenvalue weighted by Crippen LogP contribution is 2.30. The molecule has 3 N–H and O–H groups in total.